The molecule has 0 bridgehead atoms. The Morgan fingerprint density at radius 1 is 1.71 bits per heavy atom. The quantitative estimate of drug-likeness (QED) is 0.813. The van der Waals surface area contributed by atoms with Crippen LogP contribution in [0.4, 0.5) is 0 Å². The molecule has 1 aromatic heterocycles. The summed E-state index contributed by atoms with van der Waals surface area (Å²) >= 11 is 1.73. The summed E-state index contributed by atoms with van der Waals surface area (Å²) in [6.45, 7) is 1.97. The molecule has 1 heterocycles. The van der Waals surface area contributed by atoms with E-state index in [0.29, 0.717) is 5.69 Å². The Hall–Kier alpha value is -1.05. The van der Waals surface area contributed by atoms with Crippen molar-refractivity contribution < 1.29 is 0 Å². The number of rotatable bonds is 4. The van der Waals surface area contributed by atoms with Gasteiger partial charge in [0.25, 0.3) is 0 Å². The normalized spacial score (nSPS) is 12.1. The number of nitrogens with two attached hydrogens (primary N) is 1. The highest BCUT2D eigenvalue weighted by atomic mass is 32.2. The molecule has 1 unspecified atom stereocenters. The molecule has 0 spiro atoms. The van der Waals surface area contributed by atoms with Gasteiger partial charge in [-0.2, -0.15) is 17.0 Å². The molecule has 14 heavy (non-hydrogen) atoms. The minimum absolute atomic E-state index is 0.196. The summed E-state index contributed by atoms with van der Waals surface area (Å²) in [6.07, 6.45) is 1.64. The fourth-order valence-corrected chi connectivity index (χ4v) is 1.95. The molecule has 1 atom stereocenters. The topological polar surface area (TPSA) is 62.7 Å². The molecule has 0 saturated carbocycles. The zero-order valence-corrected chi connectivity index (χ0v) is 8.92. The van der Waals surface area contributed by atoms with Crippen LogP contribution in [0.2, 0.25) is 0 Å². The van der Waals surface area contributed by atoms with E-state index in [9.17, 15) is 0 Å². The smallest absolute Gasteiger partial charge is 0.144 e. The molecule has 3 nitrogen and oxygen atoms in total. The number of hydrogen-bond donors (Lipinski definition) is 1. The molecule has 1 aromatic rings. The average molecular weight is 207 g/mol. The largest absolute Gasteiger partial charge is 0.327 e. The van der Waals surface area contributed by atoms with Crippen molar-refractivity contribution in [2.75, 3.05) is 5.75 Å². The van der Waals surface area contributed by atoms with E-state index in [1.807, 2.05) is 19.1 Å². The second kappa shape index (κ2) is 5.63. The van der Waals surface area contributed by atoms with Gasteiger partial charge in [0, 0.05) is 23.7 Å². The Kier molecular flexibility index (Phi) is 4.44. The minimum Gasteiger partial charge on any atom is -0.327 e. The molecule has 0 aliphatic rings. The standard InChI is InChI=1S/C10H13N3S/c1-8(12)6-14-7-9-3-2-4-13-10(9)5-11/h2-4,8H,6-7,12H2,1H3. The summed E-state index contributed by atoms with van der Waals surface area (Å²) in [5.41, 5.74) is 7.13. The molecule has 0 amide bonds. The molecular formula is C10H13N3S. The first-order valence-corrected chi connectivity index (χ1v) is 5.57. The van der Waals surface area contributed by atoms with Gasteiger partial charge in [-0.25, -0.2) is 4.98 Å². The van der Waals surface area contributed by atoms with E-state index in [2.05, 4.69) is 11.1 Å². The number of hydrogen-bond acceptors (Lipinski definition) is 4. The Balaban J connectivity index is 2.54. The predicted molar refractivity (Wildman–Crippen MR) is 58.8 cm³/mol. The van der Waals surface area contributed by atoms with Gasteiger partial charge in [-0.1, -0.05) is 6.07 Å². The molecule has 1 rings (SSSR count). The predicted octanol–water partition coefficient (Wildman–Crippen LogP) is 1.53. The highest BCUT2D eigenvalue weighted by Gasteiger charge is 2.02. The van der Waals surface area contributed by atoms with Gasteiger partial charge in [-0.3, -0.25) is 0 Å². The van der Waals surface area contributed by atoms with E-state index < -0.39 is 0 Å². The van der Waals surface area contributed by atoms with E-state index >= 15 is 0 Å². The summed E-state index contributed by atoms with van der Waals surface area (Å²) in [4.78, 5) is 3.99. The summed E-state index contributed by atoms with van der Waals surface area (Å²) < 4.78 is 0. The van der Waals surface area contributed by atoms with E-state index in [1.165, 1.54) is 0 Å². The van der Waals surface area contributed by atoms with Crippen LogP contribution in [0.25, 0.3) is 0 Å². The van der Waals surface area contributed by atoms with Crippen LogP contribution in [-0.2, 0) is 5.75 Å². The van der Waals surface area contributed by atoms with Crippen LogP contribution in [0, 0.1) is 11.3 Å². The van der Waals surface area contributed by atoms with Gasteiger partial charge in [0.15, 0.2) is 0 Å². The molecule has 2 N–H and O–H groups in total. The van der Waals surface area contributed by atoms with Crippen molar-refractivity contribution in [2.45, 2.75) is 18.7 Å². The van der Waals surface area contributed by atoms with Crippen molar-refractivity contribution >= 4 is 11.8 Å². The molecule has 0 aliphatic heterocycles. The van der Waals surface area contributed by atoms with Gasteiger partial charge in [0.05, 0.1) is 0 Å². The summed E-state index contributed by atoms with van der Waals surface area (Å²) in [5.74, 6) is 1.71. The summed E-state index contributed by atoms with van der Waals surface area (Å²) in [6, 6.07) is 6.05. The first kappa shape index (κ1) is 11.0. The molecule has 0 radical (unpaired) electrons. The van der Waals surface area contributed by atoms with Crippen LogP contribution in [0.3, 0.4) is 0 Å². The van der Waals surface area contributed by atoms with Crippen molar-refractivity contribution in [3.05, 3.63) is 29.6 Å². The number of aromatic nitrogens is 1. The van der Waals surface area contributed by atoms with E-state index in [-0.39, 0.29) is 6.04 Å². The monoisotopic (exact) mass is 207 g/mol. The maximum atomic E-state index is 8.78. The molecule has 0 fully saturated rings. The summed E-state index contributed by atoms with van der Waals surface area (Å²) in [7, 11) is 0. The Morgan fingerprint density at radius 2 is 2.50 bits per heavy atom. The minimum atomic E-state index is 0.196. The fourth-order valence-electron chi connectivity index (χ4n) is 1.01. The summed E-state index contributed by atoms with van der Waals surface area (Å²) in [5, 5.41) is 8.78. The van der Waals surface area contributed by atoms with Crippen LogP contribution >= 0.6 is 11.8 Å². The molecule has 74 valence electrons. The SMILES string of the molecule is CC(N)CSCc1cccnc1C#N. The highest BCUT2D eigenvalue weighted by molar-refractivity contribution is 7.98. The van der Waals surface area contributed by atoms with Crippen molar-refractivity contribution in [1.29, 1.82) is 5.26 Å². The third-order valence-corrected chi connectivity index (χ3v) is 2.91. The zero-order chi connectivity index (χ0) is 10.4. The van der Waals surface area contributed by atoms with Crippen molar-refractivity contribution in [1.82, 2.24) is 4.98 Å². The number of pyridine rings is 1. The lowest BCUT2D eigenvalue weighted by molar-refractivity contribution is 0.847. The van der Waals surface area contributed by atoms with Crippen LogP contribution in [0.1, 0.15) is 18.2 Å². The lowest BCUT2D eigenvalue weighted by atomic mass is 10.2. The number of thioether (sulfide) groups is 1. The van der Waals surface area contributed by atoms with E-state index in [0.717, 1.165) is 17.1 Å². The fraction of sp³-hybridized carbons (Fsp3) is 0.400. The highest BCUT2D eigenvalue weighted by Crippen LogP contribution is 2.14. The average Bonchev–Trinajstić information content (AvgIpc) is 2.18. The Labute approximate surface area is 88.3 Å². The second-order valence-corrected chi connectivity index (χ2v) is 4.15. The van der Waals surface area contributed by atoms with Gasteiger partial charge >= 0.3 is 0 Å². The van der Waals surface area contributed by atoms with Crippen molar-refractivity contribution in [3.8, 4) is 6.07 Å². The third-order valence-electron chi connectivity index (χ3n) is 1.64. The van der Waals surface area contributed by atoms with Crippen LogP contribution in [0.15, 0.2) is 18.3 Å². The van der Waals surface area contributed by atoms with Crippen LogP contribution in [0.5, 0.6) is 0 Å². The van der Waals surface area contributed by atoms with Crippen molar-refractivity contribution in [2.24, 2.45) is 5.73 Å². The van der Waals surface area contributed by atoms with Gasteiger partial charge in [-0.15, -0.1) is 0 Å². The lowest BCUT2D eigenvalue weighted by Crippen LogP contribution is -2.17. The van der Waals surface area contributed by atoms with Crippen LogP contribution in [-0.4, -0.2) is 16.8 Å². The number of nitrogens with zero attached hydrogens (tertiary/aromatic N) is 2. The van der Waals surface area contributed by atoms with E-state index in [1.54, 1.807) is 18.0 Å². The molecule has 4 heteroatoms. The Bertz CT molecular complexity index is 330. The van der Waals surface area contributed by atoms with Gasteiger partial charge in [-0.05, 0) is 18.6 Å². The zero-order valence-electron chi connectivity index (χ0n) is 8.10. The molecule has 0 saturated heterocycles. The van der Waals surface area contributed by atoms with Gasteiger partial charge in [0.1, 0.15) is 11.8 Å². The van der Waals surface area contributed by atoms with E-state index in [4.69, 9.17) is 11.0 Å². The number of nitriles is 1. The van der Waals surface area contributed by atoms with Gasteiger partial charge < -0.3 is 5.73 Å². The second-order valence-electron chi connectivity index (χ2n) is 3.12. The molecule has 0 aliphatic carbocycles. The van der Waals surface area contributed by atoms with Crippen molar-refractivity contribution in [3.63, 3.8) is 0 Å². The lowest BCUT2D eigenvalue weighted by Gasteiger charge is -2.05. The maximum absolute atomic E-state index is 8.78. The molecule has 0 aromatic carbocycles. The Morgan fingerprint density at radius 3 is 3.14 bits per heavy atom. The molecular weight excluding hydrogens is 194 g/mol. The first-order chi connectivity index (χ1) is 6.74. The third kappa shape index (κ3) is 3.36. The maximum Gasteiger partial charge on any atom is 0.144 e. The van der Waals surface area contributed by atoms with Gasteiger partial charge in [0.2, 0.25) is 0 Å². The first-order valence-electron chi connectivity index (χ1n) is 4.41. The van der Waals surface area contributed by atoms with Crippen LogP contribution < -0.4 is 5.73 Å².